The summed E-state index contributed by atoms with van der Waals surface area (Å²) in [6.07, 6.45) is 0. The summed E-state index contributed by atoms with van der Waals surface area (Å²) in [4.78, 5) is 28.9. The van der Waals surface area contributed by atoms with E-state index in [4.69, 9.17) is 4.74 Å². The summed E-state index contributed by atoms with van der Waals surface area (Å²) < 4.78 is 5.39. The molecule has 1 atom stereocenters. The molecule has 0 spiro atoms. The number of likely N-dealkylation sites (N-methyl/N-ethyl adjacent to an activating group) is 1. The van der Waals surface area contributed by atoms with Gasteiger partial charge in [-0.15, -0.1) is 0 Å². The highest BCUT2D eigenvalue weighted by molar-refractivity contribution is 5.93. The fourth-order valence-electron chi connectivity index (χ4n) is 3.46. The van der Waals surface area contributed by atoms with E-state index < -0.39 is 0 Å². The van der Waals surface area contributed by atoms with E-state index in [1.807, 2.05) is 66.5 Å². The summed E-state index contributed by atoms with van der Waals surface area (Å²) in [5.41, 5.74) is 2.65. The molecule has 148 valence electrons. The number of hydrogen-bond acceptors (Lipinski definition) is 4. The maximum absolute atomic E-state index is 13.3. The third-order valence-corrected chi connectivity index (χ3v) is 4.99. The van der Waals surface area contributed by atoms with Crippen LogP contribution in [0.3, 0.4) is 0 Å². The average molecular weight is 381 g/mol. The van der Waals surface area contributed by atoms with Crippen LogP contribution in [0.2, 0.25) is 0 Å². The Balaban J connectivity index is 1.79. The zero-order chi connectivity index (χ0) is 19.9. The lowest BCUT2D eigenvalue weighted by Gasteiger charge is -2.34. The van der Waals surface area contributed by atoms with Gasteiger partial charge in [0.1, 0.15) is 6.04 Å². The van der Waals surface area contributed by atoms with Crippen LogP contribution in [0, 0.1) is 0 Å². The maximum Gasteiger partial charge on any atom is 0.251 e. The van der Waals surface area contributed by atoms with Crippen LogP contribution in [0.4, 0.5) is 0 Å². The zero-order valence-corrected chi connectivity index (χ0v) is 16.4. The molecular formula is C22H27N3O3. The van der Waals surface area contributed by atoms with Gasteiger partial charge in [-0.05, 0) is 30.3 Å². The largest absolute Gasteiger partial charge is 0.378 e. The number of rotatable bonds is 6. The minimum absolute atomic E-state index is 0.0963. The van der Waals surface area contributed by atoms with Crippen molar-refractivity contribution in [3.63, 3.8) is 0 Å². The van der Waals surface area contributed by atoms with Gasteiger partial charge in [-0.3, -0.25) is 14.5 Å². The molecule has 2 aromatic rings. The summed E-state index contributed by atoms with van der Waals surface area (Å²) in [5, 5.41) is 2.62. The Morgan fingerprint density at radius 2 is 1.71 bits per heavy atom. The maximum atomic E-state index is 13.3. The van der Waals surface area contributed by atoms with Gasteiger partial charge in [0.15, 0.2) is 0 Å². The lowest BCUT2D eigenvalue weighted by molar-refractivity contribution is -0.141. The van der Waals surface area contributed by atoms with Crippen LogP contribution in [-0.4, -0.2) is 62.0 Å². The molecule has 2 amide bonds. The molecule has 0 aromatic heterocycles. The van der Waals surface area contributed by atoms with Gasteiger partial charge in [0.2, 0.25) is 5.91 Å². The molecule has 3 rings (SSSR count). The number of hydrogen-bond donors (Lipinski definition) is 1. The second-order valence-electron chi connectivity index (χ2n) is 6.94. The first-order valence-electron chi connectivity index (χ1n) is 9.53. The molecule has 1 N–H and O–H groups in total. The Bertz CT molecular complexity index is 786. The summed E-state index contributed by atoms with van der Waals surface area (Å²) in [6, 6.07) is 17.0. The van der Waals surface area contributed by atoms with Gasteiger partial charge in [0.25, 0.3) is 5.91 Å². The average Bonchev–Trinajstić information content (AvgIpc) is 2.75. The van der Waals surface area contributed by atoms with Crippen LogP contribution < -0.4 is 5.32 Å². The Labute approximate surface area is 166 Å². The van der Waals surface area contributed by atoms with Crippen molar-refractivity contribution in [1.29, 1.82) is 0 Å². The van der Waals surface area contributed by atoms with E-state index in [0.29, 0.717) is 38.4 Å². The molecule has 0 saturated carbocycles. The van der Waals surface area contributed by atoms with Gasteiger partial charge in [0, 0.05) is 32.2 Å². The predicted molar refractivity (Wildman–Crippen MR) is 108 cm³/mol. The molecule has 1 fully saturated rings. The summed E-state index contributed by atoms with van der Waals surface area (Å²) >= 11 is 0. The number of nitrogens with zero attached hydrogens (tertiary/aromatic N) is 2. The fraction of sp³-hybridized carbons (Fsp3) is 0.364. The lowest BCUT2D eigenvalue weighted by Crippen LogP contribution is -2.46. The SMILES string of the molecule is CNC(=O)c1ccc(CN(C)[C@H](C(=O)N2CCOCC2)c2ccccc2)cc1. The first kappa shape index (κ1) is 20.0. The van der Waals surface area contributed by atoms with Crippen molar-refractivity contribution in [2.24, 2.45) is 0 Å². The van der Waals surface area contributed by atoms with E-state index in [0.717, 1.165) is 11.1 Å². The van der Waals surface area contributed by atoms with Gasteiger partial charge < -0.3 is 15.0 Å². The molecular weight excluding hydrogens is 354 g/mol. The molecule has 0 unspecified atom stereocenters. The van der Waals surface area contributed by atoms with Crippen molar-refractivity contribution in [3.05, 3.63) is 71.3 Å². The molecule has 0 radical (unpaired) electrons. The number of carbonyl (C=O) groups excluding carboxylic acids is 2. The highest BCUT2D eigenvalue weighted by atomic mass is 16.5. The first-order valence-corrected chi connectivity index (χ1v) is 9.53. The molecule has 6 heteroatoms. The third-order valence-electron chi connectivity index (χ3n) is 4.99. The predicted octanol–water partition coefficient (Wildman–Crippen LogP) is 2.08. The third kappa shape index (κ3) is 4.77. The second-order valence-corrected chi connectivity index (χ2v) is 6.94. The van der Waals surface area contributed by atoms with Crippen molar-refractivity contribution >= 4 is 11.8 Å². The van der Waals surface area contributed by atoms with Crippen molar-refractivity contribution < 1.29 is 14.3 Å². The molecule has 1 aliphatic rings. The molecule has 0 aliphatic carbocycles. The summed E-state index contributed by atoms with van der Waals surface area (Å²) in [5.74, 6) is -0.0106. The van der Waals surface area contributed by atoms with Crippen molar-refractivity contribution in [3.8, 4) is 0 Å². The quantitative estimate of drug-likeness (QED) is 0.832. The summed E-state index contributed by atoms with van der Waals surface area (Å²) in [7, 11) is 3.58. The number of amides is 2. The molecule has 1 saturated heterocycles. The standard InChI is InChI=1S/C22H27N3O3/c1-23-21(26)19-10-8-17(9-11-19)16-24(2)20(18-6-4-3-5-7-18)22(27)25-12-14-28-15-13-25/h3-11,20H,12-16H2,1-2H3,(H,23,26)/t20-/m0/s1. The fourth-order valence-corrected chi connectivity index (χ4v) is 3.46. The van der Waals surface area contributed by atoms with Gasteiger partial charge >= 0.3 is 0 Å². The minimum atomic E-state index is -0.363. The first-order chi connectivity index (χ1) is 13.6. The van der Waals surface area contributed by atoms with E-state index >= 15 is 0 Å². The van der Waals surface area contributed by atoms with E-state index in [-0.39, 0.29) is 17.9 Å². The number of nitrogens with one attached hydrogen (secondary N) is 1. The molecule has 1 heterocycles. The van der Waals surface area contributed by atoms with Gasteiger partial charge in [-0.1, -0.05) is 42.5 Å². The minimum Gasteiger partial charge on any atom is -0.378 e. The Morgan fingerprint density at radius 1 is 1.07 bits per heavy atom. The number of morpholine rings is 1. The van der Waals surface area contributed by atoms with E-state index in [1.165, 1.54) is 0 Å². The van der Waals surface area contributed by atoms with Crippen LogP contribution in [0.25, 0.3) is 0 Å². The lowest BCUT2D eigenvalue weighted by atomic mass is 10.0. The second kappa shape index (κ2) is 9.48. The normalized spacial score (nSPS) is 15.3. The highest BCUT2D eigenvalue weighted by Gasteiger charge is 2.30. The topological polar surface area (TPSA) is 61.9 Å². The smallest absolute Gasteiger partial charge is 0.251 e. The molecule has 1 aliphatic heterocycles. The summed E-state index contributed by atoms with van der Waals surface area (Å²) in [6.45, 7) is 3.01. The molecule has 28 heavy (non-hydrogen) atoms. The molecule has 0 bridgehead atoms. The van der Waals surface area contributed by atoms with Crippen molar-refractivity contribution in [2.45, 2.75) is 12.6 Å². The number of benzene rings is 2. The molecule has 6 nitrogen and oxygen atoms in total. The monoisotopic (exact) mass is 381 g/mol. The number of carbonyl (C=O) groups is 2. The van der Waals surface area contributed by atoms with Crippen LogP contribution >= 0.6 is 0 Å². The van der Waals surface area contributed by atoms with Gasteiger partial charge in [-0.2, -0.15) is 0 Å². The van der Waals surface area contributed by atoms with E-state index in [1.54, 1.807) is 7.05 Å². The van der Waals surface area contributed by atoms with Gasteiger partial charge in [0.05, 0.1) is 13.2 Å². The Morgan fingerprint density at radius 3 is 2.32 bits per heavy atom. The number of ether oxygens (including phenoxy) is 1. The Hall–Kier alpha value is -2.70. The van der Waals surface area contributed by atoms with E-state index in [2.05, 4.69) is 10.2 Å². The van der Waals surface area contributed by atoms with Crippen LogP contribution in [0.15, 0.2) is 54.6 Å². The van der Waals surface area contributed by atoms with E-state index in [9.17, 15) is 9.59 Å². The highest BCUT2D eigenvalue weighted by Crippen LogP contribution is 2.24. The van der Waals surface area contributed by atoms with Crippen molar-refractivity contribution in [2.75, 3.05) is 40.4 Å². The Kier molecular flexibility index (Phi) is 6.79. The van der Waals surface area contributed by atoms with Gasteiger partial charge in [-0.25, -0.2) is 0 Å². The van der Waals surface area contributed by atoms with Crippen LogP contribution in [-0.2, 0) is 16.1 Å². The van der Waals surface area contributed by atoms with Crippen molar-refractivity contribution in [1.82, 2.24) is 15.1 Å². The molecule has 2 aromatic carbocycles. The van der Waals surface area contributed by atoms with Crippen LogP contribution in [0.1, 0.15) is 27.5 Å². The van der Waals surface area contributed by atoms with Crippen LogP contribution in [0.5, 0.6) is 0 Å². The zero-order valence-electron chi connectivity index (χ0n) is 16.4.